The van der Waals surface area contributed by atoms with Crippen LogP contribution in [0.1, 0.15) is 61.5 Å². The minimum atomic E-state index is -0.682. The normalized spacial score (nSPS) is 12.1. The third kappa shape index (κ3) is 4.65. The van der Waals surface area contributed by atoms with E-state index in [1.54, 1.807) is 18.2 Å². The molecule has 0 saturated heterocycles. The summed E-state index contributed by atoms with van der Waals surface area (Å²) in [5, 5.41) is 3.13. The number of H-pyrrole nitrogens is 1. The molecule has 1 aromatic heterocycles. The Balaban J connectivity index is 1.89. The lowest BCUT2D eigenvalue weighted by Gasteiger charge is -2.19. The van der Waals surface area contributed by atoms with Crippen molar-refractivity contribution < 1.29 is 4.79 Å². The van der Waals surface area contributed by atoms with Gasteiger partial charge >= 0.3 is 11.1 Å². The first-order chi connectivity index (χ1) is 14.0. The fraction of sp³-hybridized carbons (Fsp3) is 0.348. The number of amides is 1. The van der Waals surface area contributed by atoms with Gasteiger partial charge in [-0.25, -0.2) is 0 Å². The Morgan fingerprint density at radius 3 is 2.52 bits per heavy atom. The molecule has 1 atom stereocenters. The number of aromatic amines is 1. The number of nitrogens with zero attached hydrogens (tertiary/aromatic N) is 1. The summed E-state index contributed by atoms with van der Waals surface area (Å²) in [7, 11) is 0. The Hall–Kier alpha value is -3.15. The molecule has 0 fully saturated rings. The van der Waals surface area contributed by atoms with E-state index in [1.165, 1.54) is 4.57 Å². The summed E-state index contributed by atoms with van der Waals surface area (Å²) in [6.07, 6.45) is 4.13. The molecule has 6 nitrogen and oxygen atoms in total. The average molecular weight is 393 g/mol. The smallest absolute Gasteiger partial charge is 0.316 e. The minimum Gasteiger partial charge on any atom is -0.345 e. The molecule has 1 amide bonds. The Bertz CT molecular complexity index is 1100. The van der Waals surface area contributed by atoms with Gasteiger partial charge in [-0.05, 0) is 37.1 Å². The zero-order valence-electron chi connectivity index (χ0n) is 16.9. The lowest BCUT2D eigenvalue weighted by molar-refractivity contribution is 0.0934. The fourth-order valence-corrected chi connectivity index (χ4v) is 3.58. The van der Waals surface area contributed by atoms with Crippen LogP contribution in [-0.2, 0) is 6.54 Å². The first kappa shape index (κ1) is 20.6. The van der Waals surface area contributed by atoms with Gasteiger partial charge in [0.15, 0.2) is 0 Å². The van der Waals surface area contributed by atoms with Crippen molar-refractivity contribution in [3.63, 3.8) is 0 Å². The van der Waals surface area contributed by atoms with Crippen LogP contribution in [0.15, 0.2) is 58.1 Å². The Labute approximate surface area is 169 Å². The summed E-state index contributed by atoms with van der Waals surface area (Å²) >= 11 is 0. The number of hydrogen-bond donors (Lipinski definition) is 2. The van der Waals surface area contributed by atoms with E-state index in [-0.39, 0.29) is 11.9 Å². The van der Waals surface area contributed by atoms with Gasteiger partial charge in [-0.2, -0.15) is 0 Å². The van der Waals surface area contributed by atoms with Crippen molar-refractivity contribution in [2.24, 2.45) is 0 Å². The number of hydrogen-bond acceptors (Lipinski definition) is 3. The number of benzene rings is 2. The van der Waals surface area contributed by atoms with Crippen molar-refractivity contribution in [1.29, 1.82) is 0 Å². The molecule has 0 spiro atoms. The molecule has 1 heterocycles. The summed E-state index contributed by atoms with van der Waals surface area (Å²) in [5.41, 5.74) is 1.34. The van der Waals surface area contributed by atoms with Crippen molar-refractivity contribution in [3.05, 3.63) is 80.4 Å². The first-order valence-electron chi connectivity index (χ1n) is 10.2. The molecular formula is C23H27N3O3. The van der Waals surface area contributed by atoms with Gasteiger partial charge in [0.1, 0.15) is 0 Å². The van der Waals surface area contributed by atoms with Crippen LogP contribution in [0, 0.1) is 0 Å². The number of rotatable bonds is 8. The van der Waals surface area contributed by atoms with Gasteiger partial charge in [0.05, 0.1) is 17.1 Å². The van der Waals surface area contributed by atoms with E-state index in [1.807, 2.05) is 37.3 Å². The molecule has 152 valence electrons. The molecule has 0 bridgehead atoms. The summed E-state index contributed by atoms with van der Waals surface area (Å²) in [5.74, 6) is -0.202. The van der Waals surface area contributed by atoms with E-state index in [9.17, 15) is 14.4 Å². The summed E-state index contributed by atoms with van der Waals surface area (Å²) in [4.78, 5) is 39.4. The monoisotopic (exact) mass is 393 g/mol. The van der Waals surface area contributed by atoms with E-state index in [0.29, 0.717) is 23.1 Å². The molecule has 0 aliphatic rings. The van der Waals surface area contributed by atoms with Crippen LogP contribution < -0.4 is 16.4 Å². The number of aromatic nitrogens is 2. The fourth-order valence-electron chi connectivity index (χ4n) is 3.58. The third-order valence-corrected chi connectivity index (χ3v) is 5.16. The van der Waals surface area contributed by atoms with Gasteiger partial charge in [-0.3, -0.25) is 14.4 Å². The van der Waals surface area contributed by atoms with Crippen molar-refractivity contribution in [2.45, 2.75) is 52.1 Å². The van der Waals surface area contributed by atoms with Gasteiger partial charge < -0.3 is 14.9 Å². The topological polar surface area (TPSA) is 84.0 Å². The predicted octanol–water partition coefficient (Wildman–Crippen LogP) is 3.76. The van der Waals surface area contributed by atoms with Crippen molar-refractivity contribution in [1.82, 2.24) is 14.9 Å². The number of unbranched alkanes of at least 4 members (excludes halogenated alkanes) is 2. The molecule has 3 aromatic rings. The zero-order chi connectivity index (χ0) is 20.8. The van der Waals surface area contributed by atoms with Crippen molar-refractivity contribution >= 4 is 16.9 Å². The third-order valence-electron chi connectivity index (χ3n) is 5.16. The molecular weight excluding hydrogens is 366 g/mol. The van der Waals surface area contributed by atoms with Gasteiger partial charge in [0.25, 0.3) is 5.91 Å². The lowest BCUT2D eigenvalue weighted by Crippen LogP contribution is -2.36. The number of carbonyl (C=O) groups excluding carboxylic acids is 1. The van der Waals surface area contributed by atoms with Crippen LogP contribution in [0.5, 0.6) is 0 Å². The van der Waals surface area contributed by atoms with Crippen LogP contribution in [0.25, 0.3) is 11.0 Å². The molecule has 0 saturated carbocycles. The standard InChI is InChI=1S/C23H27N3O3/c1-3-5-7-12-18(16-10-8-6-9-11-16)24-21(27)17-13-14-20-19(15-17)25-22(28)23(29)26(20)4-2/h6,8-11,13-15,18H,3-5,7,12H2,1-2H3,(H,24,27)(H,25,28). The highest BCUT2D eigenvalue weighted by molar-refractivity contribution is 5.97. The van der Waals surface area contributed by atoms with Crippen LogP contribution in [0.2, 0.25) is 0 Å². The van der Waals surface area contributed by atoms with Gasteiger partial charge in [0.2, 0.25) is 0 Å². The molecule has 2 aromatic carbocycles. The highest BCUT2D eigenvalue weighted by Crippen LogP contribution is 2.21. The second-order valence-electron chi connectivity index (χ2n) is 7.17. The highest BCUT2D eigenvalue weighted by Gasteiger charge is 2.16. The minimum absolute atomic E-state index is 0.0745. The Morgan fingerprint density at radius 1 is 1.07 bits per heavy atom. The Kier molecular flexibility index (Phi) is 6.65. The maximum atomic E-state index is 12.9. The van der Waals surface area contributed by atoms with Crippen molar-refractivity contribution in [2.75, 3.05) is 0 Å². The van der Waals surface area contributed by atoms with E-state index < -0.39 is 11.1 Å². The molecule has 0 aliphatic carbocycles. The number of carbonyl (C=O) groups is 1. The van der Waals surface area contributed by atoms with E-state index in [4.69, 9.17) is 0 Å². The van der Waals surface area contributed by atoms with Crippen LogP contribution >= 0.6 is 0 Å². The van der Waals surface area contributed by atoms with E-state index in [0.717, 1.165) is 31.2 Å². The molecule has 2 N–H and O–H groups in total. The Morgan fingerprint density at radius 2 is 1.83 bits per heavy atom. The second kappa shape index (κ2) is 9.37. The first-order valence-corrected chi connectivity index (χ1v) is 10.2. The summed E-state index contributed by atoms with van der Waals surface area (Å²) < 4.78 is 1.41. The number of fused-ring (bicyclic) bond motifs is 1. The predicted molar refractivity (Wildman–Crippen MR) is 115 cm³/mol. The second-order valence-corrected chi connectivity index (χ2v) is 7.17. The quantitative estimate of drug-likeness (QED) is 0.451. The van der Waals surface area contributed by atoms with Crippen LogP contribution in [-0.4, -0.2) is 15.5 Å². The maximum Gasteiger partial charge on any atom is 0.316 e. The van der Waals surface area contributed by atoms with Crippen LogP contribution in [0.3, 0.4) is 0 Å². The lowest BCUT2D eigenvalue weighted by atomic mass is 10.00. The van der Waals surface area contributed by atoms with Gasteiger partial charge in [-0.1, -0.05) is 56.5 Å². The summed E-state index contributed by atoms with van der Waals surface area (Å²) in [6, 6.07) is 14.9. The van der Waals surface area contributed by atoms with Gasteiger partial charge in [0, 0.05) is 12.1 Å². The van der Waals surface area contributed by atoms with E-state index >= 15 is 0 Å². The maximum absolute atomic E-state index is 12.9. The van der Waals surface area contributed by atoms with Crippen LogP contribution in [0.4, 0.5) is 0 Å². The average Bonchev–Trinajstić information content (AvgIpc) is 2.74. The van der Waals surface area contributed by atoms with Gasteiger partial charge in [-0.15, -0.1) is 0 Å². The van der Waals surface area contributed by atoms with E-state index in [2.05, 4.69) is 17.2 Å². The molecule has 6 heteroatoms. The largest absolute Gasteiger partial charge is 0.345 e. The number of aryl methyl sites for hydroxylation is 1. The molecule has 1 unspecified atom stereocenters. The van der Waals surface area contributed by atoms with Crippen molar-refractivity contribution in [3.8, 4) is 0 Å². The SMILES string of the molecule is CCCCCC(NC(=O)c1ccc2c(c1)[nH]c(=O)c(=O)n2CC)c1ccccc1. The molecule has 0 radical (unpaired) electrons. The molecule has 3 rings (SSSR count). The highest BCUT2D eigenvalue weighted by atomic mass is 16.2. The molecule has 0 aliphatic heterocycles. The molecule has 29 heavy (non-hydrogen) atoms. The zero-order valence-corrected chi connectivity index (χ0v) is 16.9. The summed E-state index contributed by atoms with van der Waals surface area (Å²) in [6.45, 7) is 4.35. The number of nitrogens with one attached hydrogen (secondary N) is 2.